The lowest BCUT2D eigenvalue weighted by atomic mass is 10.1. The summed E-state index contributed by atoms with van der Waals surface area (Å²) in [5, 5.41) is 3.55. The van der Waals surface area contributed by atoms with E-state index in [4.69, 9.17) is 4.74 Å². The Morgan fingerprint density at radius 3 is 2.72 bits per heavy atom. The lowest BCUT2D eigenvalue weighted by Gasteiger charge is -2.28. The van der Waals surface area contributed by atoms with Crippen molar-refractivity contribution in [1.82, 2.24) is 4.98 Å². The van der Waals surface area contributed by atoms with Crippen molar-refractivity contribution in [1.29, 1.82) is 0 Å². The van der Waals surface area contributed by atoms with Crippen molar-refractivity contribution in [3.05, 3.63) is 30.1 Å². The number of amides is 1. The normalized spacial score (nSPS) is 18.7. The van der Waals surface area contributed by atoms with Gasteiger partial charge in [-0.1, -0.05) is 12.8 Å². The Morgan fingerprint density at radius 2 is 1.96 bits per heavy atom. The Labute approximate surface area is 146 Å². The summed E-state index contributed by atoms with van der Waals surface area (Å²) in [4.78, 5) is 18.8. The van der Waals surface area contributed by atoms with Crippen LogP contribution < -0.4 is 10.2 Å². The number of aromatic nitrogens is 1. The molecule has 2 heterocycles. The van der Waals surface area contributed by atoms with Gasteiger partial charge >= 0.3 is 0 Å². The molecule has 1 aromatic carbocycles. The number of benzene rings is 1. The number of carbonyl (C=O) groups excluding carboxylic acids is 1. The van der Waals surface area contributed by atoms with Gasteiger partial charge < -0.3 is 15.0 Å². The molecule has 1 saturated carbocycles. The van der Waals surface area contributed by atoms with Crippen LogP contribution in [0.3, 0.4) is 0 Å². The van der Waals surface area contributed by atoms with Crippen LogP contribution in [-0.2, 0) is 9.53 Å². The Bertz CT molecular complexity index is 784. The van der Waals surface area contributed by atoms with Crippen molar-refractivity contribution < 1.29 is 13.9 Å². The van der Waals surface area contributed by atoms with Crippen molar-refractivity contribution in [2.24, 2.45) is 5.92 Å². The molecule has 1 N–H and O–H groups in total. The van der Waals surface area contributed by atoms with E-state index in [1.54, 1.807) is 6.07 Å². The number of hydrogen-bond donors (Lipinski definition) is 1. The molecule has 2 aliphatic rings. The summed E-state index contributed by atoms with van der Waals surface area (Å²) in [6.07, 6.45) is 4.04. The van der Waals surface area contributed by atoms with Crippen molar-refractivity contribution in [2.45, 2.75) is 25.7 Å². The molecule has 4 rings (SSSR count). The summed E-state index contributed by atoms with van der Waals surface area (Å²) in [6.45, 7) is 2.84. The molecule has 5 nitrogen and oxygen atoms in total. The number of rotatable bonds is 3. The lowest BCUT2D eigenvalue weighted by molar-refractivity contribution is -0.119. The van der Waals surface area contributed by atoms with Gasteiger partial charge in [-0.2, -0.15) is 0 Å². The minimum Gasteiger partial charge on any atom is -0.378 e. The quantitative estimate of drug-likeness (QED) is 0.929. The minimum atomic E-state index is -0.408. The van der Waals surface area contributed by atoms with Gasteiger partial charge in [0.2, 0.25) is 5.91 Å². The van der Waals surface area contributed by atoms with Gasteiger partial charge in [-0.05, 0) is 37.1 Å². The van der Waals surface area contributed by atoms with Crippen LogP contribution in [0.5, 0.6) is 0 Å². The molecule has 0 unspecified atom stereocenters. The first-order chi connectivity index (χ1) is 12.2. The Hall–Kier alpha value is -2.21. The molecule has 25 heavy (non-hydrogen) atoms. The molecular weight excluding hydrogens is 321 g/mol. The van der Waals surface area contributed by atoms with E-state index in [1.807, 2.05) is 12.1 Å². The third-order valence-electron chi connectivity index (χ3n) is 5.06. The number of pyridine rings is 1. The third-order valence-corrected chi connectivity index (χ3v) is 5.06. The number of nitrogens with zero attached hydrogens (tertiary/aromatic N) is 2. The number of nitrogens with one attached hydrogen (secondary N) is 1. The molecule has 1 aromatic heterocycles. The van der Waals surface area contributed by atoms with Crippen LogP contribution in [0.2, 0.25) is 0 Å². The average molecular weight is 343 g/mol. The van der Waals surface area contributed by atoms with Gasteiger partial charge in [-0.3, -0.25) is 4.79 Å². The predicted octanol–water partition coefficient (Wildman–Crippen LogP) is 3.34. The van der Waals surface area contributed by atoms with Crippen molar-refractivity contribution in [2.75, 3.05) is 36.5 Å². The molecule has 0 bridgehead atoms. The second kappa shape index (κ2) is 6.96. The standard InChI is InChI=1S/C19H22FN3O2/c20-16-12-15(21-19(24)13-3-1-2-4-13)11-14-5-6-17(22-18(14)16)23-7-9-25-10-8-23/h5-6,11-13H,1-4,7-10H2,(H,21,24). The van der Waals surface area contributed by atoms with E-state index < -0.39 is 5.82 Å². The molecule has 1 saturated heterocycles. The Kier molecular flexibility index (Phi) is 4.53. The molecule has 0 atom stereocenters. The van der Waals surface area contributed by atoms with Gasteiger partial charge in [-0.15, -0.1) is 0 Å². The van der Waals surface area contributed by atoms with Gasteiger partial charge in [0.25, 0.3) is 0 Å². The second-order valence-corrected chi connectivity index (χ2v) is 6.77. The Morgan fingerprint density at radius 1 is 1.20 bits per heavy atom. The maximum Gasteiger partial charge on any atom is 0.227 e. The molecule has 0 spiro atoms. The monoisotopic (exact) mass is 343 g/mol. The molecule has 132 valence electrons. The van der Waals surface area contributed by atoms with Gasteiger partial charge in [-0.25, -0.2) is 9.37 Å². The van der Waals surface area contributed by atoms with Crippen LogP contribution in [0.1, 0.15) is 25.7 Å². The first kappa shape index (κ1) is 16.3. The number of fused-ring (bicyclic) bond motifs is 1. The summed E-state index contributed by atoms with van der Waals surface area (Å²) < 4.78 is 19.9. The van der Waals surface area contributed by atoms with Gasteiger partial charge in [0.15, 0.2) is 5.82 Å². The fraction of sp³-hybridized carbons (Fsp3) is 0.474. The van der Waals surface area contributed by atoms with E-state index in [-0.39, 0.29) is 11.8 Å². The van der Waals surface area contributed by atoms with Crippen molar-refractivity contribution in [3.63, 3.8) is 0 Å². The van der Waals surface area contributed by atoms with E-state index >= 15 is 0 Å². The summed E-state index contributed by atoms with van der Waals surface area (Å²) in [6, 6.07) is 6.92. The molecule has 1 aliphatic carbocycles. The third kappa shape index (κ3) is 3.44. The fourth-order valence-electron chi connectivity index (χ4n) is 3.65. The summed E-state index contributed by atoms with van der Waals surface area (Å²) in [5.74, 6) is 0.404. The number of hydrogen-bond acceptors (Lipinski definition) is 4. The minimum absolute atomic E-state index is 0.00542. The number of ether oxygens (including phenoxy) is 1. The van der Waals surface area contributed by atoms with Crippen LogP contribution >= 0.6 is 0 Å². The number of halogens is 1. The first-order valence-electron chi connectivity index (χ1n) is 8.94. The predicted molar refractivity (Wildman–Crippen MR) is 95.3 cm³/mol. The van der Waals surface area contributed by atoms with Gasteiger partial charge in [0.1, 0.15) is 11.3 Å². The second-order valence-electron chi connectivity index (χ2n) is 6.77. The van der Waals surface area contributed by atoms with Crippen molar-refractivity contribution in [3.8, 4) is 0 Å². The van der Waals surface area contributed by atoms with E-state index in [9.17, 15) is 9.18 Å². The summed E-state index contributed by atoms with van der Waals surface area (Å²) in [7, 11) is 0. The van der Waals surface area contributed by atoms with Crippen LogP contribution in [-0.4, -0.2) is 37.2 Å². The highest BCUT2D eigenvalue weighted by atomic mass is 19.1. The molecule has 1 aliphatic heterocycles. The molecule has 1 amide bonds. The lowest BCUT2D eigenvalue weighted by Crippen LogP contribution is -2.36. The van der Waals surface area contributed by atoms with E-state index in [1.165, 1.54) is 6.07 Å². The largest absolute Gasteiger partial charge is 0.378 e. The van der Waals surface area contributed by atoms with Crippen LogP contribution in [0.15, 0.2) is 24.3 Å². The number of anilines is 2. The zero-order chi connectivity index (χ0) is 17.2. The van der Waals surface area contributed by atoms with Crippen LogP contribution in [0.4, 0.5) is 15.9 Å². The highest BCUT2D eigenvalue weighted by molar-refractivity contribution is 5.95. The zero-order valence-corrected chi connectivity index (χ0v) is 14.1. The smallest absolute Gasteiger partial charge is 0.227 e. The van der Waals surface area contributed by atoms with Gasteiger partial charge in [0, 0.05) is 30.1 Å². The summed E-state index contributed by atoms with van der Waals surface area (Å²) >= 11 is 0. The zero-order valence-electron chi connectivity index (χ0n) is 14.1. The molecule has 2 aromatic rings. The van der Waals surface area contributed by atoms with Crippen molar-refractivity contribution >= 4 is 28.3 Å². The average Bonchev–Trinajstić information content (AvgIpc) is 3.17. The Balaban J connectivity index is 1.58. The SMILES string of the molecule is O=C(Nc1cc(F)c2nc(N3CCOCC3)ccc2c1)C1CCCC1. The number of morpholine rings is 1. The fourth-order valence-corrected chi connectivity index (χ4v) is 3.65. The highest BCUT2D eigenvalue weighted by Gasteiger charge is 2.23. The van der Waals surface area contributed by atoms with E-state index in [0.29, 0.717) is 29.8 Å². The van der Waals surface area contributed by atoms with Crippen LogP contribution in [0.25, 0.3) is 10.9 Å². The molecule has 0 radical (unpaired) electrons. The highest BCUT2D eigenvalue weighted by Crippen LogP contribution is 2.28. The van der Waals surface area contributed by atoms with E-state index in [0.717, 1.165) is 44.6 Å². The van der Waals surface area contributed by atoms with Gasteiger partial charge in [0.05, 0.1) is 13.2 Å². The first-order valence-corrected chi connectivity index (χ1v) is 8.94. The summed E-state index contributed by atoms with van der Waals surface area (Å²) in [5.41, 5.74) is 0.839. The molecule has 6 heteroatoms. The maximum absolute atomic E-state index is 14.6. The molecular formula is C19H22FN3O2. The van der Waals surface area contributed by atoms with E-state index in [2.05, 4.69) is 15.2 Å². The number of carbonyl (C=O) groups is 1. The topological polar surface area (TPSA) is 54.5 Å². The maximum atomic E-state index is 14.6. The van der Waals surface area contributed by atoms with Crippen LogP contribution in [0, 0.1) is 11.7 Å². The molecule has 2 fully saturated rings.